The third kappa shape index (κ3) is 13.1. The second-order valence-electron chi connectivity index (χ2n) is 8.66. The molecule has 0 unspecified atom stereocenters. The molecule has 3 N–H and O–H groups in total. The van der Waals surface area contributed by atoms with E-state index in [1.807, 2.05) is 0 Å². The number of rotatable bonds is 19. The number of carbonyl (C=O) groups excluding carboxylic acids is 1. The van der Waals surface area contributed by atoms with Gasteiger partial charge in [-0.15, -0.1) is 0 Å². The number of carboxylic acids is 2. The minimum atomic E-state index is -1.23. The predicted octanol–water partition coefficient (Wildman–Crippen LogP) is 7.28. The van der Waals surface area contributed by atoms with Gasteiger partial charge in [-0.05, 0) is 24.6 Å². The van der Waals surface area contributed by atoms with Crippen LogP contribution in [0.25, 0.3) is 0 Å². The minimum Gasteiger partial charge on any atom is -0.478 e. The number of hydrogen-bond donors (Lipinski definition) is 3. The number of benzene rings is 1. The van der Waals surface area contributed by atoms with Crippen molar-refractivity contribution in [3.8, 4) is 0 Å². The Kier molecular flexibility index (Phi) is 14.9. The van der Waals surface area contributed by atoms with Crippen LogP contribution in [0.2, 0.25) is 0 Å². The number of aromatic carboxylic acids is 2. The van der Waals surface area contributed by atoms with Crippen molar-refractivity contribution in [1.82, 2.24) is 0 Å². The lowest BCUT2D eigenvalue weighted by Crippen LogP contribution is -2.13. The molecule has 0 saturated heterocycles. The van der Waals surface area contributed by atoms with Gasteiger partial charge in [-0.2, -0.15) is 0 Å². The molecule has 1 amide bonds. The zero-order valence-electron chi connectivity index (χ0n) is 19.7. The van der Waals surface area contributed by atoms with Crippen LogP contribution in [-0.2, 0) is 4.79 Å². The summed E-state index contributed by atoms with van der Waals surface area (Å²) >= 11 is 0. The first-order chi connectivity index (χ1) is 15.4. The molecule has 0 bridgehead atoms. The second kappa shape index (κ2) is 17.2. The van der Waals surface area contributed by atoms with Crippen molar-refractivity contribution in [3.63, 3.8) is 0 Å². The normalized spacial score (nSPS) is 10.8. The second-order valence-corrected chi connectivity index (χ2v) is 8.66. The molecule has 0 fully saturated rings. The van der Waals surface area contributed by atoms with Gasteiger partial charge < -0.3 is 15.5 Å². The fourth-order valence-electron chi connectivity index (χ4n) is 3.83. The molecule has 6 heteroatoms. The Hall–Kier alpha value is -2.37. The summed E-state index contributed by atoms with van der Waals surface area (Å²) in [4.78, 5) is 34.4. The lowest BCUT2D eigenvalue weighted by atomic mass is 10.0. The van der Waals surface area contributed by atoms with Crippen LogP contribution in [0.1, 0.15) is 130 Å². The summed E-state index contributed by atoms with van der Waals surface area (Å²) in [6.45, 7) is 2.25. The highest BCUT2D eigenvalue weighted by Crippen LogP contribution is 2.17. The number of anilines is 1. The Bertz CT molecular complexity index is 669. The summed E-state index contributed by atoms with van der Waals surface area (Å²) in [6.07, 6.45) is 19.2. The van der Waals surface area contributed by atoms with Gasteiger partial charge in [0.05, 0.1) is 11.1 Å². The first-order valence-electron chi connectivity index (χ1n) is 12.4. The zero-order chi connectivity index (χ0) is 23.6. The molecule has 180 valence electrons. The van der Waals surface area contributed by atoms with Crippen LogP contribution in [0, 0.1) is 0 Å². The molecule has 1 aromatic rings. The van der Waals surface area contributed by atoms with Gasteiger partial charge in [-0.1, -0.05) is 96.8 Å². The lowest BCUT2D eigenvalue weighted by molar-refractivity contribution is -0.116. The third-order valence-corrected chi connectivity index (χ3v) is 5.72. The molecular weight excluding hydrogens is 406 g/mol. The van der Waals surface area contributed by atoms with Gasteiger partial charge in [-0.25, -0.2) is 9.59 Å². The van der Waals surface area contributed by atoms with E-state index in [4.69, 9.17) is 10.2 Å². The van der Waals surface area contributed by atoms with Crippen LogP contribution in [0.5, 0.6) is 0 Å². The van der Waals surface area contributed by atoms with Crippen molar-refractivity contribution in [3.05, 3.63) is 29.3 Å². The highest BCUT2D eigenvalue weighted by atomic mass is 16.4. The predicted molar refractivity (Wildman–Crippen MR) is 129 cm³/mol. The quantitative estimate of drug-likeness (QED) is 0.193. The molecule has 0 spiro atoms. The molecule has 0 aromatic heterocycles. The van der Waals surface area contributed by atoms with Crippen LogP contribution in [0.15, 0.2) is 18.2 Å². The molecule has 0 radical (unpaired) electrons. The molecule has 32 heavy (non-hydrogen) atoms. The SMILES string of the molecule is CCCCCCCCCCCCCCCCCC(=O)Nc1cc(C(=O)O)cc(C(=O)O)c1. The Morgan fingerprint density at radius 3 is 1.38 bits per heavy atom. The molecule has 1 aromatic carbocycles. The van der Waals surface area contributed by atoms with Crippen molar-refractivity contribution >= 4 is 23.5 Å². The van der Waals surface area contributed by atoms with Crippen molar-refractivity contribution in [2.45, 2.75) is 110 Å². The molecule has 0 aliphatic carbocycles. The highest BCUT2D eigenvalue weighted by molar-refractivity contribution is 5.98. The molecule has 1 rings (SSSR count). The van der Waals surface area contributed by atoms with E-state index >= 15 is 0 Å². The van der Waals surface area contributed by atoms with E-state index in [1.54, 1.807) is 0 Å². The molecule has 0 aliphatic heterocycles. The first-order valence-corrected chi connectivity index (χ1v) is 12.4. The highest BCUT2D eigenvalue weighted by Gasteiger charge is 2.12. The van der Waals surface area contributed by atoms with E-state index in [9.17, 15) is 14.4 Å². The summed E-state index contributed by atoms with van der Waals surface area (Å²) in [7, 11) is 0. The van der Waals surface area contributed by atoms with E-state index in [1.165, 1.54) is 89.2 Å². The van der Waals surface area contributed by atoms with Gasteiger partial charge in [-0.3, -0.25) is 4.79 Å². The third-order valence-electron chi connectivity index (χ3n) is 5.72. The van der Waals surface area contributed by atoms with Gasteiger partial charge in [0.2, 0.25) is 5.91 Å². The number of unbranched alkanes of at least 4 members (excludes halogenated alkanes) is 14. The van der Waals surface area contributed by atoms with Crippen LogP contribution < -0.4 is 5.32 Å². The smallest absolute Gasteiger partial charge is 0.335 e. The van der Waals surface area contributed by atoms with Crippen LogP contribution in [0.4, 0.5) is 5.69 Å². The maximum Gasteiger partial charge on any atom is 0.335 e. The van der Waals surface area contributed by atoms with Crippen LogP contribution >= 0.6 is 0 Å². The molecule has 6 nitrogen and oxygen atoms in total. The summed E-state index contributed by atoms with van der Waals surface area (Å²) < 4.78 is 0. The van der Waals surface area contributed by atoms with Crippen LogP contribution in [0.3, 0.4) is 0 Å². The van der Waals surface area contributed by atoms with E-state index in [0.717, 1.165) is 25.3 Å². The maximum absolute atomic E-state index is 12.1. The minimum absolute atomic E-state index is 0.160. The van der Waals surface area contributed by atoms with E-state index < -0.39 is 11.9 Å². The van der Waals surface area contributed by atoms with E-state index in [0.29, 0.717) is 6.42 Å². The molecule has 0 saturated carbocycles. The zero-order valence-corrected chi connectivity index (χ0v) is 19.7. The summed E-state index contributed by atoms with van der Waals surface area (Å²) in [5.74, 6) is -2.68. The number of carbonyl (C=O) groups is 3. The first kappa shape index (κ1) is 27.7. The van der Waals surface area contributed by atoms with E-state index in [-0.39, 0.29) is 22.7 Å². The topological polar surface area (TPSA) is 104 Å². The van der Waals surface area contributed by atoms with Gasteiger partial charge in [0.1, 0.15) is 0 Å². The number of nitrogens with one attached hydrogen (secondary N) is 1. The summed E-state index contributed by atoms with van der Waals surface area (Å²) in [5, 5.41) is 20.8. The van der Waals surface area contributed by atoms with Gasteiger partial charge in [0.25, 0.3) is 0 Å². The average molecular weight is 448 g/mol. The maximum atomic E-state index is 12.1. The average Bonchev–Trinajstić information content (AvgIpc) is 2.76. The monoisotopic (exact) mass is 447 g/mol. The Morgan fingerprint density at radius 1 is 0.625 bits per heavy atom. The van der Waals surface area contributed by atoms with Gasteiger partial charge in [0, 0.05) is 12.1 Å². The number of carboxylic acid groups (broad SMARTS) is 2. The molecule has 0 aliphatic rings. The van der Waals surface area contributed by atoms with Crippen molar-refractivity contribution in [2.75, 3.05) is 5.32 Å². The molecular formula is C26H41NO5. The fraction of sp³-hybridized carbons (Fsp3) is 0.654. The van der Waals surface area contributed by atoms with Gasteiger partial charge >= 0.3 is 11.9 Å². The number of hydrogen-bond acceptors (Lipinski definition) is 3. The molecule has 0 heterocycles. The van der Waals surface area contributed by atoms with Crippen molar-refractivity contribution in [1.29, 1.82) is 0 Å². The molecule has 0 atom stereocenters. The number of amides is 1. The summed E-state index contributed by atoms with van der Waals surface area (Å²) in [6, 6.07) is 3.63. The Morgan fingerprint density at radius 2 is 1.00 bits per heavy atom. The largest absolute Gasteiger partial charge is 0.478 e. The lowest BCUT2D eigenvalue weighted by Gasteiger charge is -2.08. The van der Waals surface area contributed by atoms with Crippen molar-refractivity contribution in [2.24, 2.45) is 0 Å². The summed E-state index contributed by atoms with van der Waals surface area (Å²) in [5.41, 5.74) is -0.118. The van der Waals surface area contributed by atoms with Crippen LogP contribution in [-0.4, -0.2) is 28.1 Å². The Balaban J connectivity index is 2.07. The van der Waals surface area contributed by atoms with Gasteiger partial charge in [0.15, 0.2) is 0 Å². The fourth-order valence-corrected chi connectivity index (χ4v) is 3.83. The Labute approximate surface area is 192 Å². The van der Waals surface area contributed by atoms with E-state index in [2.05, 4.69) is 12.2 Å². The standard InChI is InChI=1S/C26H41NO5/c1-2-3-4-5-6-7-8-9-10-11-12-13-14-15-16-17-24(28)27-23-19-21(25(29)30)18-22(20-23)26(31)32/h18-20H,2-17H2,1H3,(H,27,28)(H,29,30)(H,31,32). The van der Waals surface area contributed by atoms with Crippen molar-refractivity contribution < 1.29 is 24.6 Å².